The van der Waals surface area contributed by atoms with Crippen molar-refractivity contribution in [3.8, 4) is 0 Å². The van der Waals surface area contributed by atoms with Gasteiger partial charge in [-0.05, 0) is 47.2 Å². The molecule has 5 heterocycles. The minimum absolute atomic E-state index is 0.114. The average molecular weight is 500 g/mol. The minimum Gasteiger partial charge on any atom is -0.379 e. The summed E-state index contributed by atoms with van der Waals surface area (Å²) in [4.78, 5) is 25.8. The lowest BCUT2D eigenvalue weighted by atomic mass is 9.99. The van der Waals surface area contributed by atoms with Gasteiger partial charge in [0.05, 0.1) is 30.0 Å². The van der Waals surface area contributed by atoms with Gasteiger partial charge in [0.1, 0.15) is 5.65 Å². The first-order chi connectivity index (χ1) is 17.7. The number of carbonyl (C=O) groups is 1. The summed E-state index contributed by atoms with van der Waals surface area (Å²) in [6.07, 6.45) is 6.89. The van der Waals surface area contributed by atoms with E-state index in [4.69, 9.17) is 4.74 Å². The monoisotopic (exact) mass is 499 g/mol. The van der Waals surface area contributed by atoms with E-state index in [0.717, 1.165) is 78.7 Å². The quantitative estimate of drug-likeness (QED) is 0.385. The van der Waals surface area contributed by atoms with Crippen LogP contribution in [0.1, 0.15) is 27.2 Å². The lowest BCUT2D eigenvalue weighted by Crippen LogP contribution is -2.35. The first-order valence-electron chi connectivity index (χ1n) is 12.4. The van der Waals surface area contributed by atoms with E-state index < -0.39 is 0 Å². The Morgan fingerprint density at radius 1 is 1.11 bits per heavy atom. The van der Waals surface area contributed by atoms with Gasteiger partial charge in [-0.2, -0.15) is 0 Å². The summed E-state index contributed by atoms with van der Waals surface area (Å²) in [5, 5.41) is 6.54. The highest BCUT2D eigenvalue weighted by Crippen LogP contribution is 2.31. The summed E-state index contributed by atoms with van der Waals surface area (Å²) < 4.78 is 5.44. The number of aromatic nitrogens is 2. The Morgan fingerprint density at radius 2 is 1.97 bits per heavy atom. The standard InChI is InChI=1S/C28H29N5O2S/c34-28(26-2-1-15-36-26)33-9-7-21(8-10-33)25-18-30-27-24(25)16-23(17-29-27)31-22-5-3-20(4-6-22)19-32-11-13-35-14-12-32/h1-7,15-18,31H,8-14,19H2,(H,29,30). The number of thiophene rings is 1. The minimum atomic E-state index is 0.114. The molecule has 36 heavy (non-hydrogen) atoms. The van der Waals surface area contributed by atoms with E-state index in [0.29, 0.717) is 6.54 Å². The number of morpholine rings is 1. The fraction of sp³-hybridized carbons (Fsp3) is 0.286. The number of benzene rings is 1. The van der Waals surface area contributed by atoms with Crippen molar-refractivity contribution in [2.24, 2.45) is 0 Å². The van der Waals surface area contributed by atoms with Gasteiger partial charge < -0.3 is 19.9 Å². The number of fused-ring (bicyclic) bond motifs is 1. The zero-order valence-electron chi connectivity index (χ0n) is 20.1. The molecule has 3 aromatic heterocycles. The van der Waals surface area contributed by atoms with Gasteiger partial charge in [-0.25, -0.2) is 4.98 Å². The molecule has 184 valence electrons. The number of hydrogen-bond acceptors (Lipinski definition) is 6. The highest BCUT2D eigenvalue weighted by Gasteiger charge is 2.21. The maximum atomic E-state index is 12.7. The average Bonchev–Trinajstić information content (AvgIpc) is 3.61. The number of anilines is 2. The fourth-order valence-corrected chi connectivity index (χ4v) is 5.56. The molecule has 8 heteroatoms. The number of carbonyl (C=O) groups excluding carboxylic acids is 1. The Hall–Kier alpha value is -3.46. The Labute approximate surface area is 214 Å². The van der Waals surface area contributed by atoms with Gasteiger partial charge in [0.2, 0.25) is 0 Å². The van der Waals surface area contributed by atoms with E-state index in [9.17, 15) is 4.79 Å². The number of ether oxygens (including phenoxy) is 1. The van der Waals surface area contributed by atoms with Gasteiger partial charge in [0, 0.05) is 55.6 Å². The first-order valence-corrected chi connectivity index (χ1v) is 13.3. The summed E-state index contributed by atoms with van der Waals surface area (Å²) in [7, 11) is 0. The summed E-state index contributed by atoms with van der Waals surface area (Å²) >= 11 is 1.50. The van der Waals surface area contributed by atoms with Gasteiger partial charge in [-0.3, -0.25) is 9.69 Å². The number of rotatable bonds is 6. The first kappa shape index (κ1) is 23.0. The number of hydrogen-bond donors (Lipinski definition) is 2. The second-order valence-electron chi connectivity index (χ2n) is 9.24. The number of amides is 1. The van der Waals surface area contributed by atoms with E-state index in [-0.39, 0.29) is 5.91 Å². The predicted octanol–water partition coefficient (Wildman–Crippen LogP) is 5.13. The van der Waals surface area contributed by atoms with Crippen molar-refractivity contribution in [2.45, 2.75) is 13.0 Å². The van der Waals surface area contributed by atoms with Gasteiger partial charge in [0.25, 0.3) is 5.91 Å². The van der Waals surface area contributed by atoms with Gasteiger partial charge in [-0.1, -0.05) is 24.3 Å². The molecule has 1 aromatic carbocycles. The van der Waals surface area contributed by atoms with Crippen molar-refractivity contribution in [3.05, 3.63) is 82.3 Å². The van der Waals surface area contributed by atoms with Crippen molar-refractivity contribution < 1.29 is 9.53 Å². The molecule has 1 saturated heterocycles. The van der Waals surface area contributed by atoms with Crippen LogP contribution in [0.5, 0.6) is 0 Å². The number of nitrogens with one attached hydrogen (secondary N) is 2. The van der Waals surface area contributed by atoms with E-state index in [1.165, 1.54) is 22.5 Å². The second kappa shape index (κ2) is 10.3. The highest BCUT2D eigenvalue weighted by molar-refractivity contribution is 7.12. The number of H-pyrrole nitrogens is 1. The van der Waals surface area contributed by atoms with Crippen LogP contribution in [0.4, 0.5) is 11.4 Å². The van der Waals surface area contributed by atoms with Gasteiger partial charge in [-0.15, -0.1) is 11.3 Å². The van der Waals surface area contributed by atoms with Crippen molar-refractivity contribution in [3.63, 3.8) is 0 Å². The lowest BCUT2D eigenvalue weighted by molar-refractivity contribution is 0.0342. The van der Waals surface area contributed by atoms with Crippen molar-refractivity contribution in [2.75, 3.05) is 44.7 Å². The molecule has 0 unspecified atom stereocenters. The normalized spacial score (nSPS) is 16.8. The topological polar surface area (TPSA) is 73.5 Å². The molecule has 1 fully saturated rings. The van der Waals surface area contributed by atoms with Crippen LogP contribution in [0.25, 0.3) is 16.6 Å². The largest absolute Gasteiger partial charge is 0.379 e. The molecule has 2 N–H and O–H groups in total. The van der Waals surface area contributed by atoms with Crippen LogP contribution >= 0.6 is 11.3 Å². The molecule has 2 aliphatic rings. The Bertz CT molecular complexity index is 1370. The van der Waals surface area contributed by atoms with E-state index in [1.54, 1.807) is 0 Å². The van der Waals surface area contributed by atoms with Crippen LogP contribution in [0.2, 0.25) is 0 Å². The third-order valence-corrected chi connectivity index (χ3v) is 7.72. The Balaban J connectivity index is 1.15. The van der Waals surface area contributed by atoms with E-state index >= 15 is 0 Å². The Kier molecular flexibility index (Phi) is 6.55. The maximum Gasteiger partial charge on any atom is 0.264 e. The Morgan fingerprint density at radius 3 is 2.72 bits per heavy atom. The molecule has 0 spiro atoms. The van der Waals surface area contributed by atoms with Crippen LogP contribution in [0.3, 0.4) is 0 Å². The van der Waals surface area contributed by atoms with Gasteiger partial charge in [0.15, 0.2) is 0 Å². The molecule has 0 aliphatic carbocycles. The number of pyridine rings is 1. The zero-order chi connectivity index (χ0) is 24.3. The van der Waals surface area contributed by atoms with Crippen LogP contribution in [0.15, 0.2) is 66.3 Å². The summed E-state index contributed by atoms with van der Waals surface area (Å²) in [5.74, 6) is 0.114. The van der Waals surface area contributed by atoms with Crippen LogP contribution in [-0.2, 0) is 11.3 Å². The maximum absolute atomic E-state index is 12.7. The summed E-state index contributed by atoms with van der Waals surface area (Å²) in [5.41, 5.74) is 6.58. The molecule has 0 atom stereocenters. The molecule has 0 radical (unpaired) electrons. The molecular formula is C28H29N5O2S. The zero-order valence-corrected chi connectivity index (χ0v) is 20.9. The third-order valence-electron chi connectivity index (χ3n) is 6.86. The molecule has 7 nitrogen and oxygen atoms in total. The molecule has 4 aromatic rings. The van der Waals surface area contributed by atoms with Crippen LogP contribution in [0, 0.1) is 0 Å². The molecule has 6 rings (SSSR count). The van der Waals surface area contributed by atoms with Crippen molar-refractivity contribution >= 4 is 45.2 Å². The summed E-state index contributed by atoms with van der Waals surface area (Å²) in [6, 6.07) is 14.6. The summed E-state index contributed by atoms with van der Waals surface area (Å²) in [6.45, 7) is 5.92. The number of aromatic amines is 1. The van der Waals surface area contributed by atoms with Crippen molar-refractivity contribution in [1.29, 1.82) is 0 Å². The van der Waals surface area contributed by atoms with E-state index in [2.05, 4.69) is 56.6 Å². The number of nitrogens with zero attached hydrogens (tertiary/aromatic N) is 3. The second-order valence-corrected chi connectivity index (χ2v) is 10.2. The van der Waals surface area contributed by atoms with Crippen LogP contribution < -0.4 is 5.32 Å². The van der Waals surface area contributed by atoms with Crippen LogP contribution in [-0.4, -0.2) is 65.1 Å². The molecule has 1 amide bonds. The smallest absolute Gasteiger partial charge is 0.264 e. The van der Waals surface area contributed by atoms with Gasteiger partial charge >= 0.3 is 0 Å². The fourth-order valence-electron chi connectivity index (χ4n) is 4.87. The van der Waals surface area contributed by atoms with Crippen molar-refractivity contribution in [1.82, 2.24) is 19.8 Å². The predicted molar refractivity (Wildman–Crippen MR) is 145 cm³/mol. The molecule has 0 bridgehead atoms. The SMILES string of the molecule is O=C(c1cccs1)N1CC=C(c2c[nH]c3ncc(Nc4ccc(CN5CCOCC5)cc4)cc23)CC1. The lowest BCUT2D eigenvalue weighted by Gasteiger charge is -2.26. The highest BCUT2D eigenvalue weighted by atomic mass is 32.1. The third kappa shape index (κ3) is 4.93. The van der Waals surface area contributed by atoms with E-state index in [1.807, 2.05) is 34.8 Å². The molecule has 0 saturated carbocycles. The molecule has 2 aliphatic heterocycles. The molecular weight excluding hydrogens is 470 g/mol.